The average molecular weight is 525 g/mol. The van der Waals surface area contributed by atoms with E-state index in [9.17, 15) is 14.4 Å². The van der Waals surface area contributed by atoms with Gasteiger partial charge in [-0.05, 0) is 51.5 Å². The lowest BCUT2D eigenvalue weighted by molar-refractivity contribution is -0.155. The van der Waals surface area contributed by atoms with Crippen LogP contribution in [0.25, 0.3) is 11.2 Å². The molecular formula is C25H32N8O5. The van der Waals surface area contributed by atoms with Gasteiger partial charge in [-0.2, -0.15) is 9.97 Å². The number of nitrogens with one attached hydrogen (secondary N) is 1. The summed E-state index contributed by atoms with van der Waals surface area (Å²) in [6.45, 7) is 5.65. The van der Waals surface area contributed by atoms with E-state index in [0.29, 0.717) is 29.0 Å². The topological polar surface area (TPSA) is 189 Å². The van der Waals surface area contributed by atoms with Gasteiger partial charge in [0.05, 0.1) is 25.5 Å². The summed E-state index contributed by atoms with van der Waals surface area (Å²) in [5.41, 5.74) is 13.3. The van der Waals surface area contributed by atoms with Crippen LogP contribution in [0, 0.1) is 0 Å². The highest BCUT2D eigenvalue weighted by molar-refractivity contribution is 5.97. The fourth-order valence-electron chi connectivity index (χ4n) is 3.55. The van der Waals surface area contributed by atoms with Crippen LogP contribution >= 0.6 is 0 Å². The van der Waals surface area contributed by atoms with E-state index in [4.69, 9.17) is 20.9 Å². The van der Waals surface area contributed by atoms with Crippen LogP contribution in [-0.2, 0) is 25.6 Å². The second-order valence-corrected chi connectivity index (χ2v) is 9.58. The van der Waals surface area contributed by atoms with Gasteiger partial charge in [0.15, 0.2) is 17.0 Å². The summed E-state index contributed by atoms with van der Waals surface area (Å²) >= 11 is 0. The highest BCUT2D eigenvalue weighted by atomic mass is 16.6. The molecule has 0 bridgehead atoms. The molecule has 13 heteroatoms. The number of carbonyl (C=O) groups excluding carboxylic acids is 3. The number of esters is 2. The zero-order valence-corrected chi connectivity index (χ0v) is 22.0. The number of nitrogens with two attached hydrogens (primary N) is 2. The Morgan fingerprint density at radius 1 is 1.08 bits per heavy atom. The number of benzene rings is 1. The second kappa shape index (κ2) is 11.7. The minimum Gasteiger partial charge on any atom is -0.467 e. The van der Waals surface area contributed by atoms with E-state index in [2.05, 4.69) is 25.3 Å². The molecule has 1 atom stereocenters. The molecule has 1 amide bonds. The molecule has 13 nitrogen and oxygen atoms in total. The zero-order valence-electron chi connectivity index (χ0n) is 22.0. The van der Waals surface area contributed by atoms with E-state index in [1.54, 1.807) is 51.2 Å². The van der Waals surface area contributed by atoms with Crippen molar-refractivity contribution in [1.29, 1.82) is 0 Å². The van der Waals surface area contributed by atoms with Gasteiger partial charge in [0, 0.05) is 24.7 Å². The van der Waals surface area contributed by atoms with Crippen molar-refractivity contribution in [3.8, 4) is 0 Å². The summed E-state index contributed by atoms with van der Waals surface area (Å²) in [6.07, 6.45) is 1.57. The van der Waals surface area contributed by atoms with Crippen LogP contribution in [0.15, 0.2) is 30.5 Å². The molecule has 0 saturated heterocycles. The highest BCUT2D eigenvalue weighted by Gasteiger charge is 2.25. The number of aromatic nitrogens is 4. The van der Waals surface area contributed by atoms with Crippen molar-refractivity contribution < 1.29 is 23.9 Å². The van der Waals surface area contributed by atoms with Gasteiger partial charge in [0.2, 0.25) is 5.95 Å². The first-order chi connectivity index (χ1) is 17.9. The van der Waals surface area contributed by atoms with Crippen LogP contribution in [0.3, 0.4) is 0 Å². The summed E-state index contributed by atoms with van der Waals surface area (Å²) in [5.74, 6) is -1.42. The summed E-state index contributed by atoms with van der Waals surface area (Å²) in [4.78, 5) is 55.6. The van der Waals surface area contributed by atoms with Crippen molar-refractivity contribution in [1.82, 2.24) is 25.3 Å². The Labute approximate surface area is 219 Å². The Morgan fingerprint density at radius 3 is 2.39 bits per heavy atom. The van der Waals surface area contributed by atoms with Gasteiger partial charge in [-0.1, -0.05) is 0 Å². The van der Waals surface area contributed by atoms with E-state index in [1.165, 1.54) is 7.11 Å². The molecule has 1 aromatic carbocycles. The molecule has 0 fully saturated rings. The summed E-state index contributed by atoms with van der Waals surface area (Å²) < 4.78 is 10.1. The normalized spacial score (nSPS) is 12.0. The molecule has 0 aliphatic carbocycles. The Hall–Kier alpha value is -4.55. The lowest BCUT2D eigenvalue weighted by Gasteiger charge is -2.21. The van der Waals surface area contributed by atoms with Crippen molar-refractivity contribution in [2.45, 2.75) is 51.8 Å². The number of rotatable bonds is 9. The largest absolute Gasteiger partial charge is 0.467 e. The number of nitrogens with zero attached hydrogens (tertiary/aromatic N) is 5. The first kappa shape index (κ1) is 28.0. The molecule has 0 aliphatic heterocycles. The van der Waals surface area contributed by atoms with Crippen LogP contribution in [0.4, 0.5) is 17.5 Å². The summed E-state index contributed by atoms with van der Waals surface area (Å²) in [6, 6.07) is 5.78. The molecule has 3 rings (SSSR count). The molecule has 38 heavy (non-hydrogen) atoms. The van der Waals surface area contributed by atoms with Gasteiger partial charge in [-0.3, -0.25) is 9.59 Å². The number of carbonyl (C=O) groups is 3. The maximum atomic E-state index is 12.8. The average Bonchev–Trinajstić information content (AvgIpc) is 2.85. The summed E-state index contributed by atoms with van der Waals surface area (Å²) in [7, 11) is 3.07. The standard InChI is InChI=1S/C25H32N8O5/c1-25(2,3)38-18(34)11-10-17(23(36)37-5)30-22(35)14-6-8-16(9-7-14)33(4)13-15-12-28-21-19(29-15)20(26)31-24(27)32-21/h6-9,12,17H,10-11,13H2,1-5H3,(H,30,35)(H4,26,27,28,31,32)/t17-/m0/s1. The fraction of sp³-hybridized carbons (Fsp3) is 0.400. The summed E-state index contributed by atoms with van der Waals surface area (Å²) in [5, 5.41) is 2.63. The number of hydrogen-bond donors (Lipinski definition) is 3. The van der Waals surface area contributed by atoms with Gasteiger partial charge in [-0.25, -0.2) is 14.8 Å². The van der Waals surface area contributed by atoms with Gasteiger partial charge < -0.3 is 31.2 Å². The third kappa shape index (κ3) is 7.48. The molecule has 3 aromatic rings. The predicted molar refractivity (Wildman–Crippen MR) is 141 cm³/mol. The minimum absolute atomic E-state index is 0.0271. The van der Waals surface area contributed by atoms with Crippen molar-refractivity contribution in [2.75, 3.05) is 30.5 Å². The number of methoxy groups -OCH3 is 1. The second-order valence-electron chi connectivity index (χ2n) is 9.58. The van der Waals surface area contributed by atoms with E-state index in [0.717, 1.165) is 5.69 Å². The molecule has 0 saturated carbocycles. The quantitative estimate of drug-likeness (QED) is 0.343. The Morgan fingerprint density at radius 2 is 1.76 bits per heavy atom. The fourth-order valence-corrected chi connectivity index (χ4v) is 3.55. The van der Waals surface area contributed by atoms with Crippen LogP contribution in [-0.4, -0.2) is 63.6 Å². The van der Waals surface area contributed by atoms with Crippen molar-refractivity contribution in [3.05, 3.63) is 41.7 Å². The highest BCUT2D eigenvalue weighted by Crippen LogP contribution is 2.19. The maximum absolute atomic E-state index is 12.8. The molecular weight excluding hydrogens is 492 g/mol. The number of nitrogen functional groups attached to an aromatic ring is 2. The molecule has 0 unspecified atom stereocenters. The van der Waals surface area contributed by atoms with Crippen molar-refractivity contribution in [2.24, 2.45) is 0 Å². The third-order valence-electron chi connectivity index (χ3n) is 5.32. The van der Waals surface area contributed by atoms with Crippen molar-refractivity contribution >= 4 is 46.5 Å². The van der Waals surface area contributed by atoms with Gasteiger partial charge >= 0.3 is 11.9 Å². The van der Waals surface area contributed by atoms with E-state index in [1.807, 2.05) is 11.9 Å². The number of fused-ring (bicyclic) bond motifs is 1. The van der Waals surface area contributed by atoms with Crippen LogP contribution in [0.5, 0.6) is 0 Å². The molecule has 2 heterocycles. The van der Waals surface area contributed by atoms with Gasteiger partial charge in [0.25, 0.3) is 5.91 Å². The van der Waals surface area contributed by atoms with E-state index < -0.39 is 29.5 Å². The molecule has 5 N–H and O–H groups in total. The van der Waals surface area contributed by atoms with Crippen LogP contribution < -0.4 is 21.7 Å². The third-order valence-corrected chi connectivity index (χ3v) is 5.32. The molecule has 202 valence electrons. The van der Waals surface area contributed by atoms with Gasteiger partial charge in [-0.15, -0.1) is 0 Å². The lowest BCUT2D eigenvalue weighted by atomic mass is 10.1. The molecule has 0 spiro atoms. The smallest absolute Gasteiger partial charge is 0.328 e. The first-order valence-corrected chi connectivity index (χ1v) is 11.8. The number of amides is 1. The number of ether oxygens (including phenoxy) is 2. The zero-order chi connectivity index (χ0) is 28.0. The van der Waals surface area contributed by atoms with Crippen molar-refractivity contribution in [3.63, 3.8) is 0 Å². The van der Waals surface area contributed by atoms with E-state index >= 15 is 0 Å². The Balaban J connectivity index is 1.64. The van der Waals surface area contributed by atoms with E-state index in [-0.39, 0.29) is 24.6 Å². The first-order valence-electron chi connectivity index (χ1n) is 11.8. The number of anilines is 3. The van der Waals surface area contributed by atoms with Crippen LogP contribution in [0.1, 0.15) is 49.7 Å². The molecule has 0 aliphatic rings. The van der Waals surface area contributed by atoms with Gasteiger partial charge in [0.1, 0.15) is 11.6 Å². The van der Waals surface area contributed by atoms with Crippen LogP contribution in [0.2, 0.25) is 0 Å². The minimum atomic E-state index is -0.999. The lowest BCUT2D eigenvalue weighted by Crippen LogP contribution is -2.42. The monoisotopic (exact) mass is 524 g/mol. The Bertz CT molecular complexity index is 1320. The SMILES string of the molecule is COC(=O)[C@H](CCC(=O)OC(C)(C)C)NC(=O)c1ccc(N(C)Cc2cnc3nc(N)nc(N)c3n2)cc1. The number of hydrogen-bond acceptors (Lipinski definition) is 12. The molecule has 2 aromatic heterocycles. The maximum Gasteiger partial charge on any atom is 0.328 e. The molecule has 0 radical (unpaired) electrons. The predicted octanol–water partition coefficient (Wildman–Crippen LogP) is 1.61. The Kier molecular flexibility index (Phi) is 8.61.